The van der Waals surface area contributed by atoms with Gasteiger partial charge in [-0.05, 0) is 18.2 Å². The molecule has 0 aliphatic carbocycles. The molecule has 0 amide bonds. The van der Waals surface area contributed by atoms with Crippen LogP contribution in [-0.4, -0.2) is 33.1 Å². The van der Waals surface area contributed by atoms with Crippen LogP contribution in [0.4, 0.5) is 9.59 Å². The topological polar surface area (TPSA) is 71.1 Å². The predicted molar refractivity (Wildman–Crippen MR) is 89.8 cm³/mol. The number of benzene rings is 1. The third-order valence-corrected chi connectivity index (χ3v) is 4.09. The molecule has 0 aliphatic heterocycles. The Labute approximate surface area is 166 Å². The summed E-state index contributed by atoms with van der Waals surface area (Å²) in [5.74, 6) is -1.29. The van der Waals surface area contributed by atoms with Crippen LogP contribution in [-0.2, 0) is 9.47 Å². The Morgan fingerprint density at radius 3 is 1.83 bits per heavy atom. The summed E-state index contributed by atoms with van der Waals surface area (Å²) in [6, 6.07) is 6.36. The monoisotopic (exact) mass is 457 g/mol. The first-order valence-corrected chi connectivity index (χ1v) is 8.36. The number of hydrogen-bond acceptors (Lipinski definition) is 6. The molecule has 0 atom stereocenters. The molecule has 1 rings (SSSR count). The van der Waals surface area contributed by atoms with E-state index >= 15 is 0 Å². The second-order valence-corrected chi connectivity index (χ2v) is 7.19. The molecule has 0 spiro atoms. The van der Waals surface area contributed by atoms with Crippen LogP contribution in [0.5, 0.6) is 11.5 Å². The highest BCUT2D eigenvalue weighted by Gasteiger charge is 2.31. The van der Waals surface area contributed by atoms with Crippen molar-refractivity contribution >= 4 is 81.9 Å². The first kappa shape index (κ1) is 21.5. The van der Waals surface area contributed by atoms with Gasteiger partial charge in [0.1, 0.15) is 0 Å². The molecule has 1 aromatic rings. The summed E-state index contributed by atoms with van der Waals surface area (Å²) in [4.78, 5) is 23.2. The molecule has 0 saturated heterocycles. The maximum absolute atomic E-state index is 11.6. The normalized spacial score (nSPS) is 11.6. The minimum atomic E-state index is -1.99. The molecule has 0 unspecified atom stereocenters. The Kier molecular flexibility index (Phi) is 8.32. The van der Waals surface area contributed by atoms with E-state index in [-0.39, 0.29) is 11.5 Å². The van der Waals surface area contributed by atoms with Crippen LogP contribution in [0.3, 0.4) is 0 Å². The first-order valence-electron chi connectivity index (χ1n) is 5.78. The third-order valence-electron chi connectivity index (χ3n) is 1.95. The molecule has 12 heteroatoms. The fraction of sp³-hybridized carbons (Fsp3) is 0.333. The number of carbonyl (C=O) groups is 2. The molecule has 1 radical (unpaired) electrons. The maximum Gasteiger partial charge on any atom is 0.516 e. The minimum Gasteiger partial charge on any atom is -0.396 e. The van der Waals surface area contributed by atoms with E-state index in [1.165, 1.54) is 18.2 Å². The molecule has 0 aromatic heterocycles. The summed E-state index contributed by atoms with van der Waals surface area (Å²) >= 11 is 33.0. The number of halogens is 6. The van der Waals surface area contributed by atoms with Crippen LogP contribution < -0.4 is 9.47 Å². The average Bonchev–Trinajstić information content (AvgIpc) is 2.48. The zero-order valence-corrected chi connectivity index (χ0v) is 15.9. The van der Waals surface area contributed by atoms with Gasteiger partial charge in [-0.25, -0.2) is 9.59 Å². The highest BCUT2D eigenvalue weighted by molar-refractivity contribution is 6.51. The van der Waals surface area contributed by atoms with Crippen molar-refractivity contribution in [3.05, 3.63) is 24.3 Å². The second kappa shape index (κ2) is 9.27. The molecule has 24 heavy (non-hydrogen) atoms. The third kappa shape index (κ3) is 7.59. The van der Waals surface area contributed by atoms with Crippen molar-refractivity contribution in [3.8, 4) is 11.5 Å². The highest BCUT2D eigenvalue weighted by atomic mass is 35.5. The summed E-state index contributed by atoms with van der Waals surface area (Å²) < 4.78 is 14.7. The van der Waals surface area contributed by atoms with Gasteiger partial charge in [-0.3, -0.25) is 0 Å². The van der Waals surface area contributed by atoms with E-state index in [9.17, 15) is 9.59 Å². The van der Waals surface area contributed by atoms with Crippen LogP contribution in [0, 0.1) is 6.07 Å². The summed E-state index contributed by atoms with van der Waals surface area (Å²) in [6.45, 7) is 0. The van der Waals surface area contributed by atoms with Crippen LogP contribution >= 0.6 is 69.6 Å². The minimum absolute atomic E-state index is 0.227. The quantitative estimate of drug-likeness (QED) is 0.328. The molecule has 0 N–H and O–H groups in total. The Balaban J connectivity index is 2.78. The molecular formula is C12H7Cl6O6. The summed E-state index contributed by atoms with van der Waals surface area (Å²) in [5, 5.41) is 0. The fourth-order valence-electron chi connectivity index (χ4n) is 1.08. The van der Waals surface area contributed by atoms with Crippen LogP contribution in [0.15, 0.2) is 18.2 Å². The van der Waals surface area contributed by atoms with Crippen molar-refractivity contribution in [2.75, 3.05) is 11.8 Å². The smallest absolute Gasteiger partial charge is 0.396 e. The van der Waals surface area contributed by atoms with Gasteiger partial charge < -0.3 is 18.9 Å². The van der Waals surface area contributed by atoms with Crippen molar-refractivity contribution < 1.29 is 28.5 Å². The van der Waals surface area contributed by atoms with E-state index in [2.05, 4.69) is 15.5 Å². The zero-order valence-electron chi connectivity index (χ0n) is 11.4. The van der Waals surface area contributed by atoms with Crippen LogP contribution in [0.2, 0.25) is 0 Å². The molecule has 133 valence electrons. The van der Waals surface area contributed by atoms with Crippen molar-refractivity contribution in [2.45, 2.75) is 9.04 Å². The number of ether oxygens (including phenoxy) is 4. The van der Waals surface area contributed by atoms with E-state index in [1.807, 2.05) is 0 Å². The van der Waals surface area contributed by atoms with E-state index in [0.717, 1.165) is 0 Å². The molecule has 0 aliphatic rings. The first-order chi connectivity index (χ1) is 11.1. The van der Waals surface area contributed by atoms with Crippen molar-refractivity contribution in [1.29, 1.82) is 0 Å². The van der Waals surface area contributed by atoms with E-state index in [1.54, 1.807) is 0 Å². The average molecular weight is 460 g/mol. The molecule has 0 saturated carbocycles. The molecular weight excluding hydrogens is 453 g/mol. The van der Waals surface area contributed by atoms with E-state index < -0.39 is 33.1 Å². The summed E-state index contributed by atoms with van der Waals surface area (Å²) in [7, 11) is 0. The number of rotatable bonds is 6. The van der Waals surface area contributed by atoms with Gasteiger partial charge in [-0.1, -0.05) is 52.5 Å². The van der Waals surface area contributed by atoms with Crippen LogP contribution in [0.1, 0.15) is 0 Å². The van der Waals surface area contributed by atoms with Gasteiger partial charge in [0.15, 0.2) is 11.5 Å². The predicted octanol–water partition coefficient (Wildman–Crippen LogP) is 5.26. The van der Waals surface area contributed by atoms with Crippen molar-refractivity contribution in [3.63, 3.8) is 0 Å². The maximum atomic E-state index is 11.6. The standard InChI is InChI=1S/C12H7Cl6O6/c13-5-11(15,16)23-9(19)21-7-3-1-2-4-8(7)22-10(20)24-12(17,18)6-14/h1,3-4H,5-6H2. The van der Waals surface area contributed by atoms with Gasteiger partial charge in [0, 0.05) is 0 Å². The molecule has 0 bridgehead atoms. The van der Waals surface area contributed by atoms with Crippen molar-refractivity contribution in [1.82, 2.24) is 0 Å². The lowest BCUT2D eigenvalue weighted by atomic mass is 10.3. The molecule has 0 fully saturated rings. The van der Waals surface area contributed by atoms with E-state index in [0.29, 0.717) is 0 Å². The Hall–Kier alpha value is -0.500. The Morgan fingerprint density at radius 2 is 1.38 bits per heavy atom. The Morgan fingerprint density at radius 1 is 0.917 bits per heavy atom. The number of carbonyl (C=O) groups excluding carboxylic acids is 2. The number of alkyl halides is 6. The van der Waals surface area contributed by atoms with Gasteiger partial charge >= 0.3 is 12.3 Å². The molecule has 0 heterocycles. The zero-order chi connectivity index (χ0) is 18.4. The van der Waals surface area contributed by atoms with E-state index in [4.69, 9.17) is 79.1 Å². The Bertz CT molecular complexity index is 542. The lowest BCUT2D eigenvalue weighted by Crippen LogP contribution is -2.27. The molecule has 6 nitrogen and oxygen atoms in total. The lowest BCUT2D eigenvalue weighted by Gasteiger charge is -2.18. The van der Waals surface area contributed by atoms with Gasteiger partial charge in [-0.2, -0.15) is 0 Å². The highest BCUT2D eigenvalue weighted by Crippen LogP contribution is 2.31. The van der Waals surface area contributed by atoms with Gasteiger partial charge in [0.25, 0.3) is 9.04 Å². The lowest BCUT2D eigenvalue weighted by molar-refractivity contribution is 0.0708. The largest absolute Gasteiger partial charge is 0.516 e. The second-order valence-electron chi connectivity index (χ2n) is 3.82. The number of hydrogen-bond donors (Lipinski definition) is 0. The van der Waals surface area contributed by atoms with Gasteiger partial charge in [0.2, 0.25) is 0 Å². The SMILES string of the molecule is O=C(Oc1c[c]ccc1OC(=O)OC(Cl)(Cl)CCl)OC(Cl)(Cl)CCl. The van der Waals surface area contributed by atoms with Crippen LogP contribution in [0.25, 0.3) is 0 Å². The molecule has 1 aromatic carbocycles. The fourth-order valence-corrected chi connectivity index (χ4v) is 1.45. The van der Waals surface area contributed by atoms with Crippen molar-refractivity contribution in [2.24, 2.45) is 0 Å². The summed E-state index contributed by atoms with van der Waals surface area (Å²) in [6.07, 6.45) is -2.60. The summed E-state index contributed by atoms with van der Waals surface area (Å²) in [5.41, 5.74) is 0. The van der Waals surface area contributed by atoms with Gasteiger partial charge in [-0.15, -0.1) is 23.2 Å². The van der Waals surface area contributed by atoms with Gasteiger partial charge in [0.05, 0.1) is 11.8 Å².